The number of aliphatic hydroxyl groups is 1. The summed E-state index contributed by atoms with van der Waals surface area (Å²) in [6.07, 6.45) is 13.3. The maximum Gasteiger partial charge on any atom is 0.0695 e. The quantitative estimate of drug-likeness (QED) is 0.758. The first-order chi connectivity index (χ1) is 8.36. The van der Waals surface area contributed by atoms with Crippen molar-refractivity contribution in [1.29, 1.82) is 0 Å². The van der Waals surface area contributed by atoms with Gasteiger partial charge in [0.15, 0.2) is 0 Å². The van der Waals surface area contributed by atoms with Crippen LogP contribution in [0.2, 0.25) is 0 Å². The van der Waals surface area contributed by atoms with Gasteiger partial charge < -0.3 is 5.11 Å². The highest BCUT2D eigenvalue weighted by Crippen LogP contribution is 2.38. The Kier molecular flexibility index (Phi) is 3.72. The molecule has 4 unspecified atom stereocenters. The van der Waals surface area contributed by atoms with E-state index in [1.165, 1.54) is 64.3 Å². The molecule has 3 fully saturated rings. The number of aliphatic hydroxyl groups excluding tert-OH is 1. The number of hydrogen-bond donors (Lipinski definition) is 1. The van der Waals surface area contributed by atoms with Crippen molar-refractivity contribution in [3.8, 4) is 0 Å². The van der Waals surface area contributed by atoms with Crippen molar-refractivity contribution in [1.82, 2.24) is 4.90 Å². The minimum atomic E-state index is -0.0376. The summed E-state index contributed by atoms with van der Waals surface area (Å²) in [5.41, 5.74) is 0. The summed E-state index contributed by atoms with van der Waals surface area (Å²) < 4.78 is 0. The van der Waals surface area contributed by atoms with E-state index in [4.69, 9.17) is 0 Å². The van der Waals surface area contributed by atoms with Crippen LogP contribution in [0.25, 0.3) is 0 Å². The average molecular weight is 237 g/mol. The molecule has 1 heterocycles. The second-order valence-corrected chi connectivity index (χ2v) is 6.41. The Morgan fingerprint density at radius 3 is 2.18 bits per heavy atom. The Labute approximate surface area is 105 Å². The lowest BCUT2D eigenvalue weighted by atomic mass is 9.76. The fraction of sp³-hybridized carbons (Fsp3) is 1.00. The number of fused-ring (bicyclic) bond motifs is 1. The fourth-order valence-electron chi connectivity index (χ4n) is 4.55. The molecule has 2 aliphatic carbocycles. The van der Waals surface area contributed by atoms with Crippen molar-refractivity contribution in [2.75, 3.05) is 6.54 Å². The summed E-state index contributed by atoms with van der Waals surface area (Å²) in [6, 6.07) is 1.31. The number of nitrogens with zero attached hydrogens (tertiary/aromatic N) is 1. The van der Waals surface area contributed by atoms with Gasteiger partial charge in [-0.25, -0.2) is 0 Å². The van der Waals surface area contributed by atoms with Crippen molar-refractivity contribution >= 4 is 0 Å². The van der Waals surface area contributed by atoms with Crippen molar-refractivity contribution < 1.29 is 5.11 Å². The highest BCUT2D eigenvalue weighted by molar-refractivity contribution is 4.93. The Morgan fingerprint density at radius 1 is 0.706 bits per heavy atom. The Morgan fingerprint density at radius 2 is 1.35 bits per heavy atom. The average Bonchev–Trinajstić information content (AvgIpc) is 2.39. The summed E-state index contributed by atoms with van der Waals surface area (Å²) >= 11 is 0. The minimum Gasteiger partial charge on any atom is -0.391 e. The summed E-state index contributed by atoms with van der Waals surface area (Å²) in [6.45, 7) is 1.25. The monoisotopic (exact) mass is 237 g/mol. The first-order valence-electron chi connectivity index (χ1n) is 7.80. The van der Waals surface area contributed by atoms with Crippen LogP contribution in [0.5, 0.6) is 0 Å². The van der Waals surface area contributed by atoms with Gasteiger partial charge >= 0.3 is 0 Å². The molecule has 0 aromatic carbocycles. The third kappa shape index (κ3) is 2.39. The first kappa shape index (κ1) is 12.0. The van der Waals surface area contributed by atoms with Gasteiger partial charge in [-0.3, -0.25) is 4.90 Å². The summed E-state index contributed by atoms with van der Waals surface area (Å²) in [4.78, 5) is 2.72. The smallest absolute Gasteiger partial charge is 0.0695 e. The Bertz CT molecular complexity index is 247. The van der Waals surface area contributed by atoms with Crippen molar-refractivity contribution in [3.05, 3.63) is 0 Å². The number of rotatable bonds is 1. The molecule has 3 aliphatic rings. The van der Waals surface area contributed by atoms with Gasteiger partial charge in [-0.1, -0.05) is 25.7 Å². The molecule has 0 bridgehead atoms. The molecule has 2 saturated carbocycles. The van der Waals surface area contributed by atoms with Gasteiger partial charge in [-0.2, -0.15) is 0 Å². The van der Waals surface area contributed by atoms with Gasteiger partial charge in [0.25, 0.3) is 0 Å². The van der Waals surface area contributed by atoms with E-state index in [0.717, 1.165) is 18.4 Å². The molecule has 0 aromatic rings. The maximum atomic E-state index is 10.3. The highest BCUT2D eigenvalue weighted by atomic mass is 16.3. The van der Waals surface area contributed by atoms with E-state index in [2.05, 4.69) is 4.90 Å². The van der Waals surface area contributed by atoms with Crippen LogP contribution >= 0.6 is 0 Å². The second-order valence-electron chi connectivity index (χ2n) is 6.41. The standard InChI is InChI=1S/C15H27NO/c17-15-10-4-3-9-14(15)16-11-5-7-12-6-1-2-8-13(12)16/h12-15,17H,1-11H2. The Balaban J connectivity index is 1.71. The van der Waals surface area contributed by atoms with Crippen molar-refractivity contribution in [2.45, 2.75) is 82.4 Å². The van der Waals surface area contributed by atoms with Crippen LogP contribution in [-0.2, 0) is 0 Å². The molecule has 1 aliphatic heterocycles. The van der Waals surface area contributed by atoms with Crippen LogP contribution in [-0.4, -0.2) is 34.7 Å². The molecule has 2 nitrogen and oxygen atoms in total. The molecular weight excluding hydrogens is 210 g/mol. The summed E-state index contributed by atoms with van der Waals surface area (Å²) in [5, 5.41) is 10.3. The first-order valence-corrected chi connectivity index (χ1v) is 7.80. The van der Waals surface area contributed by atoms with Gasteiger partial charge in [-0.05, 0) is 51.0 Å². The lowest BCUT2D eigenvalue weighted by Crippen LogP contribution is -2.55. The van der Waals surface area contributed by atoms with Crippen molar-refractivity contribution in [2.24, 2.45) is 5.92 Å². The molecule has 17 heavy (non-hydrogen) atoms. The van der Waals surface area contributed by atoms with Gasteiger partial charge in [0.2, 0.25) is 0 Å². The van der Waals surface area contributed by atoms with E-state index in [9.17, 15) is 5.11 Å². The number of piperidine rings is 1. The van der Waals surface area contributed by atoms with Crippen LogP contribution < -0.4 is 0 Å². The molecule has 4 atom stereocenters. The third-order valence-corrected chi connectivity index (χ3v) is 5.41. The van der Waals surface area contributed by atoms with Gasteiger partial charge in [0.05, 0.1) is 6.10 Å². The molecule has 0 aromatic heterocycles. The fourth-order valence-corrected chi connectivity index (χ4v) is 4.55. The summed E-state index contributed by atoms with van der Waals surface area (Å²) in [5.74, 6) is 0.951. The van der Waals surface area contributed by atoms with E-state index in [0.29, 0.717) is 6.04 Å². The predicted molar refractivity (Wildman–Crippen MR) is 69.9 cm³/mol. The van der Waals surface area contributed by atoms with Crippen LogP contribution in [0.15, 0.2) is 0 Å². The third-order valence-electron chi connectivity index (χ3n) is 5.41. The van der Waals surface area contributed by atoms with E-state index in [-0.39, 0.29) is 6.10 Å². The maximum absolute atomic E-state index is 10.3. The van der Waals surface area contributed by atoms with Gasteiger partial charge in [0, 0.05) is 12.1 Å². The lowest BCUT2D eigenvalue weighted by molar-refractivity contribution is -0.0434. The van der Waals surface area contributed by atoms with E-state index in [1.807, 2.05) is 0 Å². The molecule has 0 spiro atoms. The van der Waals surface area contributed by atoms with Gasteiger partial charge in [-0.15, -0.1) is 0 Å². The van der Waals surface area contributed by atoms with Crippen LogP contribution in [0.4, 0.5) is 0 Å². The van der Waals surface area contributed by atoms with Crippen LogP contribution in [0.1, 0.15) is 64.2 Å². The molecule has 98 valence electrons. The van der Waals surface area contributed by atoms with E-state index in [1.54, 1.807) is 0 Å². The molecule has 0 radical (unpaired) electrons. The largest absolute Gasteiger partial charge is 0.391 e. The Hall–Kier alpha value is -0.0800. The molecular formula is C15H27NO. The molecule has 0 amide bonds. The second kappa shape index (κ2) is 5.27. The molecule has 1 N–H and O–H groups in total. The number of likely N-dealkylation sites (tertiary alicyclic amines) is 1. The van der Waals surface area contributed by atoms with Crippen molar-refractivity contribution in [3.63, 3.8) is 0 Å². The van der Waals surface area contributed by atoms with Gasteiger partial charge in [0.1, 0.15) is 0 Å². The molecule has 1 saturated heterocycles. The van der Waals surface area contributed by atoms with Crippen LogP contribution in [0.3, 0.4) is 0 Å². The SMILES string of the molecule is OC1CCCCC1N1CCCC2CCCCC21. The van der Waals surface area contributed by atoms with E-state index >= 15 is 0 Å². The zero-order valence-electron chi connectivity index (χ0n) is 11.0. The lowest BCUT2D eigenvalue weighted by Gasteiger charge is -2.49. The number of hydrogen-bond acceptors (Lipinski definition) is 2. The highest BCUT2D eigenvalue weighted by Gasteiger charge is 2.39. The summed E-state index contributed by atoms with van der Waals surface area (Å²) in [7, 11) is 0. The zero-order valence-corrected chi connectivity index (χ0v) is 11.0. The molecule has 3 rings (SSSR count). The van der Waals surface area contributed by atoms with E-state index < -0.39 is 0 Å². The van der Waals surface area contributed by atoms with Crippen LogP contribution in [0, 0.1) is 5.92 Å². The normalized spacial score (nSPS) is 44.3. The predicted octanol–water partition coefficient (Wildman–Crippen LogP) is 2.94. The minimum absolute atomic E-state index is 0.0376. The topological polar surface area (TPSA) is 23.5 Å². The molecule has 2 heteroatoms. The zero-order chi connectivity index (χ0) is 11.7.